The van der Waals surface area contributed by atoms with Crippen LogP contribution < -0.4 is 4.74 Å². The Kier molecular flexibility index (Phi) is 5.96. The number of para-hydroxylation sites is 1. The maximum Gasteiger partial charge on any atom is 0.192 e. The number of aromatic nitrogens is 3. The number of hydrogen-bond acceptors (Lipinski definition) is 4. The van der Waals surface area contributed by atoms with Gasteiger partial charge in [0.1, 0.15) is 11.6 Å². The van der Waals surface area contributed by atoms with Gasteiger partial charge in [-0.3, -0.25) is 4.57 Å². The summed E-state index contributed by atoms with van der Waals surface area (Å²) in [6.07, 6.45) is 1.77. The van der Waals surface area contributed by atoms with Crippen molar-refractivity contribution >= 4 is 23.4 Å². The normalized spacial score (nSPS) is 10.7. The van der Waals surface area contributed by atoms with E-state index < -0.39 is 0 Å². The molecule has 3 aromatic rings. The van der Waals surface area contributed by atoms with E-state index in [1.165, 1.54) is 17.8 Å². The zero-order valence-corrected chi connectivity index (χ0v) is 15.7. The smallest absolute Gasteiger partial charge is 0.192 e. The Morgan fingerprint density at radius 3 is 2.77 bits per heavy atom. The maximum atomic E-state index is 14.0. The average Bonchev–Trinajstić information content (AvgIpc) is 3.04. The molecule has 0 unspecified atom stereocenters. The highest BCUT2D eigenvalue weighted by Gasteiger charge is 2.17. The predicted octanol–water partition coefficient (Wildman–Crippen LogP) is 5.22. The zero-order chi connectivity index (χ0) is 18.5. The Morgan fingerprint density at radius 2 is 2.04 bits per heavy atom. The minimum atomic E-state index is -0.329. The van der Waals surface area contributed by atoms with Gasteiger partial charge in [-0.15, -0.1) is 16.8 Å². The first-order chi connectivity index (χ1) is 12.7. The molecular formula is C19H17ClFN3OS. The summed E-state index contributed by atoms with van der Waals surface area (Å²) in [6, 6.07) is 12.3. The fourth-order valence-corrected chi connectivity index (χ4v) is 3.82. The van der Waals surface area contributed by atoms with Crippen molar-refractivity contribution in [2.75, 3.05) is 7.11 Å². The molecule has 0 bridgehead atoms. The SMILES string of the molecule is C=CCn1c(SCc2c(F)cccc2Cl)nnc1-c1ccccc1OC. The summed E-state index contributed by atoms with van der Waals surface area (Å²) in [5.74, 6) is 1.40. The molecule has 134 valence electrons. The third kappa shape index (κ3) is 3.76. The molecule has 0 aliphatic heterocycles. The molecule has 3 rings (SSSR count). The van der Waals surface area contributed by atoms with Crippen molar-refractivity contribution in [1.82, 2.24) is 14.8 Å². The van der Waals surface area contributed by atoms with Crippen LogP contribution in [0.3, 0.4) is 0 Å². The number of rotatable bonds is 7. The van der Waals surface area contributed by atoms with Crippen LogP contribution >= 0.6 is 23.4 Å². The number of methoxy groups -OCH3 is 1. The van der Waals surface area contributed by atoms with Gasteiger partial charge in [-0.1, -0.05) is 47.6 Å². The number of hydrogen-bond donors (Lipinski definition) is 0. The molecule has 2 aromatic carbocycles. The van der Waals surface area contributed by atoms with Crippen molar-refractivity contribution in [3.63, 3.8) is 0 Å². The van der Waals surface area contributed by atoms with E-state index in [2.05, 4.69) is 16.8 Å². The van der Waals surface area contributed by atoms with E-state index in [4.69, 9.17) is 16.3 Å². The van der Waals surface area contributed by atoms with E-state index in [0.29, 0.717) is 39.6 Å². The highest BCUT2D eigenvalue weighted by atomic mass is 35.5. The maximum absolute atomic E-state index is 14.0. The van der Waals surface area contributed by atoms with Gasteiger partial charge in [0.25, 0.3) is 0 Å². The summed E-state index contributed by atoms with van der Waals surface area (Å²) in [7, 11) is 1.61. The van der Waals surface area contributed by atoms with E-state index in [-0.39, 0.29) is 5.82 Å². The van der Waals surface area contributed by atoms with Crippen LogP contribution in [0.15, 0.2) is 60.3 Å². The number of halogens is 2. The fourth-order valence-electron chi connectivity index (χ4n) is 2.52. The lowest BCUT2D eigenvalue weighted by molar-refractivity contribution is 0.416. The largest absolute Gasteiger partial charge is 0.496 e. The van der Waals surface area contributed by atoms with Gasteiger partial charge >= 0.3 is 0 Å². The molecule has 26 heavy (non-hydrogen) atoms. The van der Waals surface area contributed by atoms with Crippen LogP contribution in [0.25, 0.3) is 11.4 Å². The van der Waals surface area contributed by atoms with Crippen LogP contribution in [0.5, 0.6) is 5.75 Å². The summed E-state index contributed by atoms with van der Waals surface area (Å²) in [6.45, 7) is 4.32. The van der Waals surface area contributed by atoms with Gasteiger partial charge in [0.15, 0.2) is 11.0 Å². The Morgan fingerprint density at radius 1 is 1.23 bits per heavy atom. The molecule has 0 atom stereocenters. The van der Waals surface area contributed by atoms with Crippen LogP contribution in [0.2, 0.25) is 5.02 Å². The second-order valence-electron chi connectivity index (χ2n) is 5.39. The molecule has 0 spiro atoms. The Labute approximate surface area is 160 Å². The molecule has 0 aliphatic rings. The first-order valence-electron chi connectivity index (χ1n) is 7.89. The molecule has 0 N–H and O–H groups in total. The van der Waals surface area contributed by atoms with Crippen molar-refractivity contribution in [2.24, 2.45) is 0 Å². The molecule has 0 saturated heterocycles. The molecule has 1 aromatic heterocycles. The number of ether oxygens (including phenoxy) is 1. The van der Waals surface area contributed by atoms with E-state index in [9.17, 15) is 4.39 Å². The van der Waals surface area contributed by atoms with Crippen LogP contribution in [-0.4, -0.2) is 21.9 Å². The minimum Gasteiger partial charge on any atom is -0.496 e. The van der Waals surface area contributed by atoms with Crippen molar-refractivity contribution in [2.45, 2.75) is 17.5 Å². The minimum absolute atomic E-state index is 0.329. The standard InChI is InChI=1S/C19H17ClFN3OS/c1-3-11-24-18(13-7-4-5-10-17(13)25-2)22-23-19(24)26-12-14-15(20)8-6-9-16(14)21/h3-10H,1,11-12H2,2H3. The van der Waals surface area contributed by atoms with Gasteiger partial charge in [-0.2, -0.15) is 0 Å². The molecule has 4 nitrogen and oxygen atoms in total. The Balaban J connectivity index is 1.94. The fraction of sp³-hybridized carbons (Fsp3) is 0.158. The van der Waals surface area contributed by atoms with Crippen LogP contribution in [-0.2, 0) is 12.3 Å². The second kappa shape index (κ2) is 8.38. The highest BCUT2D eigenvalue weighted by molar-refractivity contribution is 7.98. The Bertz CT molecular complexity index is 909. The highest BCUT2D eigenvalue weighted by Crippen LogP contribution is 2.33. The Hall–Kier alpha value is -2.31. The molecule has 0 fully saturated rings. The summed E-state index contributed by atoms with van der Waals surface area (Å²) in [5, 5.41) is 9.63. The summed E-state index contributed by atoms with van der Waals surface area (Å²) in [5.41, 5.74) is 1.28. The topological polar surface area (TPSA) is 39.9 Å². The number of nitrogens with zero attached hydrogens (tertiary/aromatic N) is 3. The van der Waals surface area contributed by atoms with E-state index in [0.717, 1.165) is 5.56 Å². The number of benzene rings is 2. The summed E-state index contributed by atoms with van der Waals surface area (Å²) in [4.78, 5) is 0. The van der Waals surface area contributed by atoms with E-state index >= 15 is 0 Å². The van der Waals surface area contributed by atoms with Crippen LogP contribution in [0.4, 0.5) is 4.39 Å². The molecule has 0 radical (unpaired) electrons. The first-order valence-corrected chi connectivity index (χ1v) is 9.25. The van der Waals surface area contributed by atoms with Crippen molar-refractivity contribution in [1.29, 1.82) is 0 Å². The number of thioether (sulfide) groups is 1. The lowest BCUT2D eigenvalue weighted by atomic mass is 10.2. The third-order valence-electron chi connectivity index (χ3n) is 3.78. The van der Waals surface area contributed by atoms with Gasteiger partial charge in [0.05, 0.1) is 12.7 Å². The van der Waals surface area contributed by atoms with Gasteiger partial charge < -0.3 is 4.74 Å². The van der Waals surface area contributed by atoms with Crippen molar-refractivity contribution in [3.8, 4) is 17.1 Å². The second-order valence-corrected chi connectivity index (χ2v) is 6.74. The molecule has 0 amide bonds. The van der Waals surface area contributed by atoms with Gasteiger partial charge in [-0.25, -0.2) is 4.39 Å². The molecular weight excluding hydrogens is 373 g/mol. The molecule has 0 aliphatic carbocycles. The van der Waals surface area contributed by atoms with Gasteiger partial charge in [0, 0.05) is 22.9 Å². The lowest BCUT2D eigenvalue weighted by Gasteiger charge is -2.11. The van der Waals surface area contributed by atoms with Crippen molar-refractivity contribution in [3.05, 3.63) is 71.5 Å². The molecule has 7 heteroatoms. The summed E-state index contributed by atoms with van der Waals surface area (Å²) < 4.78 is 21.3. The summed E-state index contributed by atoms with van der Waals surface area (Å²) >= 11 is 7.48. The van der Waals surface area contributed by atoms with E-state index in [1.807, 2.05) is 28.8 Å². The first kappa shape index (κ1) is 18.5. The van der Waals surface area contributed by atoms with Crippen molar-refractivity contribution < 1.29 is 9.13 Å². The van der Waals surface area contributed by atoms with E-state index in [1.54, 1.807) is 25.3 Å². The number of allylic oxidation sites excluding steroid dienone is 1. The predicted molar refractivity (Wildman–Crippen MR) is 103 cm³/mol. The van der Waals surface area contributed by atoms with Gasteiger partial charge in [0.2, 0.25) is 0 Å². The van der Waals surface area contributed by atoms with Crippen LogP contribution in [0, 0.1) is 5.82 Å². The quantitative estimate of drug-likeness (QED) is 0.410. The monoisotopic (exact) mass is 389 g/mol. The lowest BCUT2D eigenvalue weighted by Crippen LogP contribution is -2.02. The zero-order valence-electron chi connectivity index (χ0n) is 14.2. The third-order valence-corrected chi connectivity index (χ3v) is 5.13. The molecule has 1 heterocycles. The van der Waals surface area contributed by atoms with Crippen LogP contribution in [0.1, 0.15) is 5.56 Å². The molecule has 0 saturated carbocycles. The average molecular weight is 390 g/mol. The van der Waals surface area contributed by atoms with Gasteiger partial charge in [-0.05, 0) is 24.3 Å².